The number of rotatable bonds is 4. The zero-order valence-electron chi connectivity index (χ0n) is 22.4. The molecule has 3 aromatic carbocycles. The minimum absolute atomic E-state index is 0.459. The van der Waals surface area contributed by atoms with Gasteiger partial charge in [0, 0.05) is 17.2 Å². The lowest BCUT2D eigenvalue weighted by atomic mass is 9.82. The number of fused-ring (bicyclic) bond motifs is 2. The first kappa shape index (κ1) is 23.5. The largest absolute Gasteiger partial charge is 0.213 e. The maximum Gasteiger partial charge on any atom is 0.213 e. The molecule has 0 radical (unpaired) electrons. The summed E-state index contributed by atoms with van der Waals surface area (Å²) in [5, 5.41) is 2.74. The van der Waals surface area contributed by atoms with Crippen LogP contribution in [0.4, 0.5) is 0 Å². The summed E-state index contributed by atoms with van der Waals surface area (Å²) in [6, 6.07) is 25.6. The van der Waals surface area contributed by atoms with E-state index in [1.165, 1.54) is 82.8 Å². The molecule has 0 saturated heterocycles. The van der Waals surface area contributed by atoms with Crippen molar-refractivity contribution in [3.8, 4) is 22.4 Å². The van der Waals surface area contributed by atoms with E-state index in [-0.39, 0.29) is 0 Å². The zero-order chi connectivity index (χ0) is 24.8. The molecule has 2 saturated carbocycles. The first-order valence-electron chi connectivity index (χ1n) is 14.1. The van der Waals surface area contributed by atoms with Crippen molar-refractivity contribution in [1.29, 1.82) is 0 Å². The van der Waals surface area contributed by atoms with Gasteiger partial charge >= 0.3 is 0 Å². The molecule has 2 atom stereocenters. The van der Waals surface area contributed by atoms with Gasteiger partial charge in [0.15, 0.2) is 6.20 Å². The summed E-state index contributed by atoms with van der Waals surface area (Å²) >= 11 is 0. The van der Waals surface area contributed by atoms with E-state index in [1.807, 2.05) is 0 Å². The highest BCUT2D eigenvalue weighted by Crippen LogP contribution is 2.49. The average Bonchev–Trinajstić information content (AvgIpc) is 3.33. The van der Waals surface area contributed by atoms with Crippen molar-refractivity contribution >= 4 is 10.8 Å². The van der Waals surface area contributed by atoms with E-state index in [9.17, 15) is 0 Å². The van der Waals surface area contributed by atoms with Crippen LogP contribution in [0.15, 0.2) is 72.9 Å². The maximum absolute atomic E-state index is 2.49. The molecular formula is C35H40N+. The Morgan fingerprint density at radius 2 is 1.47 bits per heavy atom. The fraction of sp³-hybridized carbons (Fsp3) is 0.400. The molecule has 36 heavy (non-hydrogen) atoms. The van der Waals surface area contributed by atoms with Crippen LogP contribution in [0.2, 0.25) is 0 Å². The molecular weight excluding hydrogens is 434 g/mol. The van der Waals surface area contributed by atoms with Crippen LogP contribution in [0, 0.1) is 18.8 Å². The predicted molar refractivity (Wildman–Crippen MR) is 152 cm³/mol. The Hall–Kier alpha value is -2.93. The second-order valence-corrected chi connectivity index (χ2v) is 11.9. The van der Waals surface area contributed by atoms with Crippen molar-refractivity contribution in [1.82, 2.24) is 0 Å². The second-order valence-electron chi connectivity index (χ2n) is 11.9. The highest BCUT2D eigenvalue weighted by atomic mass is 14.9. The summed E-state index contributed by atoms with van der Waals surface area (Å²) in [5.74, 6) is 3.19. The molecule has 1 aromatic heterocycles. The Morgan fingerprint density at radius 1 is 0.778 bits per heavy atom. The second kappa shape index (κ2) is 9.51. The molecule has 0 spiro atoms. The molecule has 0 bridgehead atoms. The molecule has 4 aromatic rings. The highest BCUT2D eigenvalue weighted by Gasteiger charge is 2.36. The minimum Gasteiger partial charge on any atom is -0.201 e. The van der Waals surface area contributed by atoms with Crippen molar-refractivity contribution in [2.75, 3.05) is 0 Å². The van der Waals surface area contributed by atoms with E-state index in [0.717, 1.165) is 17.8 Å². The summed E-state index contributed by atoms with van der Waals surface area (Å²) in [7, 11) is 2.18. The summed E-state index contributed by atoms with van der Waals surface area (Å²) < 4.78 is 2.30. The molecule has 2 fully saturated rings. The van der Waals surface area contributed by atoms with Crippen LogP contribution in [0.3, 0.4) is 0 Å². The first-order chi connectivity index (χ1) is 17.5. The van der Waals surface area contributed by atoms with Crippen LogP contribution < -0.4 is 4.57 Å². The molecule has 2 aliphatic carbocycles. The summed E-state index contributed by atoms with van der Waals surface area (Å²) in [6.45, 7) is 6.82. The van der Waals surface area contributed by atoms with Gasteiger partial charge in [-0.25, -0.2) is 4.57 Å². The monoisotopic (exact) mass is 474 g/mol. The van der Waals surface area contributed by atoms with E-state index in [2.05, 4.69) is 105 Å². The molecule has 1 heterocycles. The minimum atomic E-state index is 0.459. The number of aromatic nitrogens is 1. The van der Waals surface area contributed by atoms with E-state index < -0.39 is 0 Å². The summed E-state index contributed by atoms with van der Waals surface area (Å²) in [5.41, 5.74) is 9.54. The summed E-state index contributed by atoms with van der Waals surface area (Å²) in [4.78, 5) is 0. The van der Waals surface area contributed by atoms with Gasteiger partial charge in [0.25, 0.3) is 0 Å². The van der Waals surface area contributed by atoms with E-state index in [4.69, 9.17) is 0 Å². The van der Waals surface area contributed by atoms with Crippen LogP contribution >= 0.6 is 0 Å². The lowest BCUT2D eigenvalue weighted by Gasteiger charge is -2.24. The third-order valence-electron chi connectivity index (χ3n) is 9.24. The van der Waals surface area contributed by atoms with Crippen LogP contribution in [-0.4, -0.2) is 0 Å². The van der Waals surface area contributed by atoms with Gasteiger partial charge in [0.1, 0.15) is 7.05 Å². The topological polar surface area (TPSA) is 3.88 Å². The Kier molecular flexibility index (Phi) is 6.20. The molecule has 2 unspecified atom stereocenters. The average molecular weight is 475 g/mol. The van der Waals surface area contributed by atoms with Crippen molar-refractivity contribution in [3.63, 3.8) is 0 Å². The smallest absolute Gasteiger partial charge is 0.201 e. The number of benzene rings is 3. The zero-order valence-corrected chi connectivity index (χ0v) is 22.4. The molecule has 0 amide bonds. The number of aryl methyl sites for hydroxylation is 2. The number of hydrogen-bond donors (Lipinski definition) is 0. The Labute approximate surface area is 217 Å². The molecule has 184 valence electrons. The van der Waals surface area contributed by atoms with Gasteiger partial charge in [-0.15, -0.1) is 0 Å². The van der Waals surface area contributed by atoms with Gasteiger partial charge in [0.05, 0.1) is 0 Å². The number of hydrogen-bond acceptors (Lipinski definition) is 0. The first-order valence-corrected chi connectivity index (χ1v) is 14.1. The van der Waals surface area contributed by atoms with Crippen molar-refractivity contribution in [3.05, 3.63) is 89.6 Å². The third kappa shape index (κ3) is 4.27. The fourth-order valence-electron chi connectivity index (χ4n) is 7.20. The maximum atomic E-state index is 2.49. The lowest BCUT2D eigenvalue weighted by Crippen LogP contribution is -2.32. The van der Waals surface area contributed by atoms with Gasteiger partial charge in [-0.05, 0) is 88.6 Å². The fourth-order valence-corrected chi connectivity index (χ4v) is 7.20. The standard InChI is InChI=1S/C35H40N/c1-23(2)34-22-36(4)35(32-12-8-5-9-24(32)3)21-33(34)30-16-15-27-17-29(14-13-28(27)18-30)31-19-25-10-6-7-11-26(25)20-31/h5,8-9,12-18,21-23,25-26,31H,6-7,10-11,19-20H2,1-4H3/q+1. The SMILES string of the molecule is Cc1ccccc1-c1cc(-c2ccc3cc(C4CC5CCCCC5C4)ccc3c2)c(C(C)C)c[n+]1C. The van der Waals surface area contributed by atoms with E-state index >= 15 is 0 Å². The van der Waals surface area contributed by atoms with Crippen LogP contribution in [0.5, 0.6) is 0 Å². The van der Waals surface area contributed by atoms with Gasteiger partial charge in [-0.2, -0.15) is 0 Å². The molecule has 1 heteroatoms. The molecule has 1 nitrogen and oxygen atoms in total. The quantitative estimate of drug-likeness (QED) is 0.260. The molecule has 6 rings (SSSR count). The van der Waals surface area contributed by atoms with E-state index in [1.54, 1.807) is 5.56 Å². The van der Waals surface area contributed by atoms with Crippen LogP contribution in [-0.2, 0) is 7.05 Å². The molecule has 2 aliphatic rings. The predicted octanol–water partition coefficient (Wildman–Crippen LogP) is 9.11. The van der Waals surface area contributed by atoms with E-state index in [0.29, 0.717) is 5.92 Å². The van der Waals surface area contributed by atoms with Gasteiger partial charge in [0.2, 0.25) is 5.69 Å². The molecule has 0 N–H and O–H groups in total. The van der Waals surface area contributed by atoms with Crippen LogP contribution in [0.25, 0.3) is 33.2 Å². The van der Waals surface area contributed by atoms with Crippen molar-refractivity contribution in [2.45, 2.75) is 71.1 Å². The number of nitrogens with zero attached hydrogens (tertiary/aromatic N) is 1. The Morgan fingerprint density at radius 3 is 2.19 bits per heavy atom. The van der Waals surface area contributed by atoms with Gasteiger partial charge in [-0.3, -0.25) is 0 Å². The molecule has 0 aliphatic heterocycles. The Bertz CT molecular complexity index is 1400. The van der Waals surface area contributed by atoms with Crippen molar-refractivity contribution < 1.29 is 4.57 Å². The van der Waals surface area contributed by atoms with Gasteiger partial charge in [-0.1, -0.05) is 88.1 Å². The lowest BCUT2D eigenvalue weighted by molar-refractivity contribution is -0.660. The Balaban J connectivity index is 1.38. The van der Waals surface area contributed by atoms with Gasteiger partial charge < -0.3 is 0 Å². The van der Waals surface area contributed by atoms with Crippen molar-refractivity contribution in [2.24, 2.45) is 18.9 Å². The highest BCUT2D eigenvalue weighted by molar-refractivity contribution is 5.89. The number of pyridine rings is 1. The third-order valence-corrected chi connectivity index (χ3v) is 9.24. The normalized spacial score (nSPS) is 21.8. The van der Waals surface area contributed by atoms with Crippen LogP contribution in [0.1, 0.15) is 80.9 Å². The summed E-state index contributed by atoms with van der Waals surface area (Å²) in [6.07, 6.45) is 11.0.